The van der Waals surface area contributed by atoms with Gasteiger partial charge in [0.2, 0.25) is 0 Å². The van der Waals surface area contributed by atoms with Gasteiger partial charge in [-0.1, -0.05) is 25.5 Å². The number of halogens is 2. The number of hydrogen-bond acceptors (Lipinski definition) is 3. The van der Waals surface area contributed by atoms with Crippen LogP contribution in [0, 0.1) is 5.82 Å². The van der Waals surface area contributed by atoms with Gasteiger partial charge in [0, 0.05) is 11.5 Å². The lowest BCUT2D eigenvalue weighted by atomic mass is 9.90. The van der Waals surface area contributed by atoms with E-state index in [1.54, 1.807) is 6.07 Å². The molecule has 134 valence electrons. The van der Waals surface area contributed by atoms with E-state index in [1.807, 2.05) is 19.9 Å². The number of ether oxygens (including phenoxy) is 3. The first-order valence-corrected chi connectivity index (χ1v) is 8.84. The van der Waals surface area contributed by atoms with E-state index in [9.17, 15) is 8.78 Å². The molecule has 0 radical (unpaired) electrons. The maximum absolute atomic E-state index is 14.5. The van der Waals surface area contributed by atoms with Crippen LogP contribution < -0.4 is 0 Å². The van der Waals surface area contributed by atoms with Crippen molar-refractivity contribution >= 4 is 0 Å². The van der Waals surface area contributed by atoms with Gasteiger partial charge in [-0.15, -0.1) is 0 Å². The molecule has 3 rings (SSSR count). The van der Waals surface area contributed by atoms with E-state index >= 15 is 0 Å². The molecule has 0 aliphatic carbocycles. The lowest BCUT2D eigenvalue weighted by molar-refractivity contribution is -0.239. The van der Waals surface area contributed by atoms with Gasteiger partial charge < -0.3 is 14.2 Å². The minimum Gasteiger partial charge on any atom is -0.378 e. The predicted octanol–water partition coefficient (Wildman–Crippen LogP) is 4.66. The molecule has 0 aromatic heterocycles. The summed E-state index contributed by atoms with van der Waals surface area (Å²) in [5.74, 6) is -0.181. The van der Waals surface area contributed by atoms with Crippen LogP contribution in [0.3, 0.4) is 0 Å². The zero-order valence-electron chi connectivity index (χ0n) is 14.4. The Balaban J connectivity index is 1.65. The highest BCUT2D eigenvalue weighted by atomic mass is 19.1. The first-order chi connectivity index (χ1) is 11.5. The highest BCUT2D eigenvalue weighted by Gasteiger charge is 2.37. The Labute approximate surface area is 142 Å². The third kappa shape index (κ3) is 3.95. The monoisotopic (exact) mass is 340 g/mol. The summed E-state index contributed by atoms with van der Waals surface area (Å²) in [7, 11) is 0. The normalized spacial score (nSPS) is 34.2. The van der Waals surface area contributed by atoms with Crippen LogP contribution >= 0.6 is 0 Å². The molecular formula is C19H26F2O3. The van der Waals surface area contributed by atoms with E-state index in [1.165, 1.54) is 6.07 Å². The van der Waals surface area contributed by atoms with Crippen molar-refractivity contribution in [2.75, 3.05) is 19.8 Å². The first-order valence-electron chi connectivity index (χ1n) is 8.84. The van der Waals surface area contributed by atoms with Gasteiger partial charge in [0.1, 0.15) is 5.82 Å². The summed E-state index contributed by atoms with van der Waals surface area (Å²) >= 11 is 0. The lowest BCUT2D eigenvalue weighted by Crippen LogP contribution is -2.41. The maximum Gasteiger partial charge on any atom is 0.184 e. The average Bonchev–Trinajstić information content (AvgIpc) is 2.56. The second kappa shape index (κ2) is 7.46. The average molecular weight is 340 g/mol. The zero-order valence-corrected chi connectivity index (χ0v) is 14.4. The molecule has 0 N–H and O–H groups in total. The van der Waals surface area contributed by atoms with Crippen molar-refractivity contribution in [3.05, 3.63) is 35.1 Å². The largest absolute Gasteiger partial charge is 0.378 e. The van der Waals surface area contributed by atoms with Crippen LogP contribution in [-0.4, -0.2) is 31.6 Å². The smallest absolute Gasteiger partial charge is 0.184 e. The van der Waals surface area contributed by atoms with Gasteiger partial charge in [-0.25, -0.2) is 8.78 Å². The van der Waals surface area contributed by atoms with Crippen LogP contribution in [0.1, 0.15) is 62.9 Å². The van der Waals surface area contributed by atoms with Gasteiger partial charge in [0.25, 0.3) is 0 Å². The molecule has 2 fully saturated rings. The quantitative estimate of drug-likeness (QED) is 0.798. The molecule has 0 amide bonds. The molecule has 2 saturated heterocycles. The van der Waals surface area contributed by atoms with Gasteiger partial charge in [0.15, 0.2) is 12.0 Å². The van der Waals surface area contributed by atoms with E-state index < -0.39 is 12.0 Å². The summed E-state index contributed by atoms with van der Waals surface area (Å²) in [4.78, 5) is 0. The van der Waals surface area contributed by atoms with Crippen LogP contribution in [0.4, 0.5) is 8.78 Å². The summed E-state index contributed by atoms with van der Waals surface area (Å²) in [6.07, 6.45) is 2.56. The van der Waals surface area contributed by atoms with Crippen LogP contribution in [-0.2, 0) is 14.2 Å². The molecule has 0 spiro atoms. The Hall–Kier alpha value is -1.04. The molecule has 2 heterocycles. The zero-order chi connectivity index (χ0) is 17.2. The molecule has 2 unspecified atom stereocenters. The highest BCUT2D eigenvalue weighted by molar-refractivity contribution is 5.28. The third-order valence-electron chi connectivity index (χ3n) is 4.92. The van der Waals surface area contributed by atoms with Gasteiger partial charge in [-0.05, 0) is 37.8 Å². The fourth-order valence-corrected chi connectivity index (χ4v) is 3.47. The SMILES string of the molecule is CCCC1(F)COC(c2ccc(C3CCC(C)OC3)c(F)c2)OC1. The molecule has 0 bridgehead atoms. The van der Waals surface area contributed by atoms with Crippen molar-refractivity contribution in [2.24, 2.45) is 0 Å². The fourth-order valence-electron chi connectivity index (χ4n) is 3.47. The van der Waals surface area contributed by atoms with Gasteiger partial charge in [-0.2, -0.15) is 0 Å². The third-order valence-corrected chi connectivity index (χ3v) is 4.92. The molecule has 2 atom stereocenters. The van der Waals surface area contributed by atoms with Crippen LogP contribution in [0.25, 0.3) is 0 Å². The van der Waals surface area contributed by atoms with Crippen LogP contribution in [0.5, 0.6) is 0 Å². The molecule has 2 aliphatic heterocycles. The summed E-state index contributed by atoms with van der Waals surface area (Å²) in [6.45, 7) is 4.50. The van der Waals surface area contributed by atoms with E-state index in [4.69, 9.17) is 14.2 Å². The van der Waals surface area contributed by atoms with E-state index in [-0.39, 0.29) is 31.1 Å². The second-order valence-corrected chi connectivity index (χ2v) is 7.05. The Morgan fingerprint density at radius 2 is 1.92 bits per heavy atom. The Kier molecular flexibility index (Phi) is 5.52. The van der Waals surface area contributed by atoms with Gasteiger partial charge in [-0.3, -0.25) is 0 Å². The number of alkyl halides is 1. The number of rotatable bonds is 4. The van der Waals surface area contributed by atoms with Crippen LogP contribution in [0.15, 0.2) is 18.2 Å². The van der Waals surface area contributed by atoms with Crippen molar-refractivity contribution in [1.82, 2.24) is 0 Å². The van der Waals surface area contributed by atoms with E-state index in [0.29, 0.717) is 24.2 Å². The molecule has 24 heavy (non-hydrogen) atoms. The Morgan fingerprint density at radius 3 is 2.50 bits per heavy atom. The molecule has 1 aromatic rings. The van der Waals surface area contributed by atoms with Gasteiger partial charge in [0.05, 0.1) is 25.9 Å². The summed E-state index contributed by atoms with van der Waals surface area (Å²) in [6, 6.07) is 5.04. The van der Waals surface area contributed by atoms with E-state index in [0.717, 1.165) is 19.3 Å². The number of hydrogen-bond donors (Lipinski definition) is 0. The molecule has 3 nitrogen and oxygen atoms in total. The Bertz CT molecular complexity index is 548. The summed E-state index contributed by atoms with van der Waals surface area (Å²) < 4.78 is 45.5. The second-order valence-electron chi connectivity index (χ2n) is 7.05. The highest BCUT2D eigenvalue weighted by Crippen LogP contribution is 2.34. The van der Waals surface area contributed by atoms with Crippen molar-refractivity contribution in [3.8, 4) is 0 Å². The predicted molar refractivity (Wildman–Crippen MR) is 87.2 cm³/mol. The maximum atomic E-state index is 14.5. The molecule has 0 saturated carbocycles. The molecule has 1 aromatic carbocycles. The van der Waals surface area contributed by atoms with Crippen LogP contribution in [0.2, 0.25) is 0 Å². The fraction of sp³-hybridized carbons (Fsp3) is 0.684. The molecule has 2 aliphatic rings. The van der Waals surface area contributed by atoms with Crippen molar-refractivity contribution in [1.29, 1.82) is 0 Å². The standard InChI is InChI=1S/C19H26F2O3/c1-3-8-19(21)11-23-18(24-12-19)14-6-7-16(17(20)9-14)15-5-4-13(2)22-10-15/h6-7,9,13,15,18H,3-5,8,10-12H2,1-2H3. The van der Waals surface area contributed by atoms with Crippen molar-refractivity contribution in [2.45, 2.75) is 63.5 Å². The first kappa shape index (κ1) is 17.8. The minimum absolute atomic E-state index is 0.0107. The molecule has 5 heteroatoms. The summed E-state index contributed by atoms with van der Waals surface area (Å²) in [5, 5.41) is 0. The van der Waals surface area contributed by atoms with Crippen molar-refractivity contribution in [3.63, 3.8) is 0 Å². The molecular weight excluding hydrogens is 314 g/mol. The lowest BCUT2D eigenvalue weighted by Gasteiger charge is -2.34. The summed E-state index contributed by atoms with van der Waals surface area (Å²) in [5.41, 5.74) is -0.160. The van der Waals surface area contributed by atoms with E-state index in [2.05, 4.69) is 0 Å². The van der Waals surface area contributed by atoms with Gasteiger partial charge >= 0.3 is 0 Å². The number of benzene rings is 1. The minimum atomic E-state index is -1.43. The Morgan fingerprint density at radius 1 is 1.17 bits per heavy atom. The van der Waals surface area contributed by atoms with Crippen molar-refractivity contribution < 1.29 is 23.0 Å². The topological polar surface area (TPSA) is 27.7 Å².